The van der Waals surface area contributed by atoms with Crippen molar-refractivity contribution in [2.75, 3.05) is 13.1 Å². The van der Waals surface area contributed by atoms with Crippen molar-refractivity contribution in [2.24, 2.45) is 0 Å². The van der Waals surface area contributed by atoms with Crippen LogP contribution in [0.25, 0.3) is 0 Å². The predicted molar refractivity (Wildman–Crippen MR) is 65.4 cm³/mol. The zero-order valence-corrected chi connectivity index (χ0v) is 10.2. The summed E-state index contributed by atoms with van der Waals surface area (Å²) in [6, 6.07) is 0.627. The van der Waals surface area contributed by atoms with Gasteiger partial charge in [-0.05, 0) is 31.3 Å². The first-order valence-electron chi connectivity index (χ1n) is 6.40. The zero-order valence-electron chi connectivity index (χ0n) is 10.2. The molecule has 1 heterocycles. The fourth-order valence-electron chi connectivity index (χ4n) is 1.99. The lowest BCUT2D eigenvalue weighted by molar-refractivity contribution is -0.143. The highest BCUT2D eigenvalue weighted by Crippen LogP contribution is 2.19. The van der Waals surface area contributed by atoms with E-state index in [0.717, 1.165) is 18.4 Å². The Morgan fingerprint density at radius 2 is 1.82 bits per heavy atom. The molecular formula is C13H20N2O2. The molecule has 0 radical (unpaired) electrons. The second kappa shape index (κ2) is 5.45. The lowest BCUT2D eigenvalue weighted by Crippen LogP contribution is -2.38. The molecule has 0 aromatic rings. The fourth-order valence-corrected chi connectivity index (χ4v) is 1.99. The highest BCUT2D eigenvalue weighted by molar-refractivity contribution is 5.96. The van der Waals surface area contributed by atoms with Crippen molar-refractivity contribution in [1.29, 1.82) is 0 Å². The van der Waals surface area contributed by atoms with Gasteiger partial charge in [0.2, 0.25) is 11.8 Å². The number of carbonyl (C=O) groups excluding carboxylic acids is 2. The number of hydrogen-bond donors (Lipinski definition) is 1. The fraction of sp³-hybridized carbons (Fsp3) is 0.692. The van der Waals surface area contributed by atoms with E-state index in [0.29, 0.717) is 32.0 Å². The van der Waals surface area contributed by atoms with Crippen LogP contribution in [-0.4, -0.2) is 35.8 Å². The summed E-state index contributed by atoms with van der Waals surface area (Å²) in [5, 5.41) is 3.34. The number of amides is 2. The van der Waals surface area contributed by atoms with Crippen LogP contribution in [0.5, 0.6) is 0 Å². The standard InChI is InChI=1S/C13H20N2O2/c1-10(8-14-11-6-7-11)9-15-12(16)4-2-3-5-13(15)17/h11,14H,1-9H2. The monoisotopic (exact) mass is 236 g/mol. The summed E-state index contributed by atoms with van der Waals surface area (Å²) in [7, 11) is 0. The van der Waals surface area contributed by atoms with Crippen molar-refractivity contribution in [1.82, 2.24) is 10.2 Å². The van der Waals surface area contributed by atoms with Crippen LogP contribution in [0.2, 0.25) is 0 Å². The molecule has 1 saturated carbocycles. The highest BCUT2D eigenvalue weighted by Gasteiger charge is 2.25. The zero-order chi connectivity index (χ0) is 12.3. The van der Waals surface area contributed by atoms with E-state index in [4.69, 9.17) is 0 Å². The van der Waals surface area contributed by atoms with E-state index in [-0.39, 0.29) is 11.8 Å². The average Bonchev–Trinajstić information content (AvgIpc) is 3.11. The molecule has 2 fully saturated rings. The van der Waals surface area contributed by atoms with Gasteiger partial charge in [0.05, 0.1) is 6.54 Å². The van der Waals surface area contributed by atoms with Crippen molar-refractivity contribution in [3.05, 3.63) is 12.2 Å². The smallest absolute Gasteiger partial charge is 0.229 e. The average molecular weight is 236 g/mol. The largest absolute Gasteiger partial charge is 0.310 e. The summed E-state index contributed by atoms with van der Waals surface area (Å²) in [6.45, 7) is 5.04. The van der Waals surface area contributed by atoms with E-state index in [1.165, 1.54) is 17.7 Å². The number of carbonyl (C=O) groups is 2. The van der Waals surface area contributed by atoms with Gasteiger partial charge in [-0.3, -0.25) is 14.5 Å². The molecule has 1 aliphatic heterocycles. The van der Waals surface area contributed by atoms with Gasteiger partial charge in [0.25, 0.3) is 0 Å². The molecule has 0 aromatic carbocycles. The second-order valence-corrected chi connectivity index (χ2v) is 4.99. The van der Waals surface area contributed by atoms with Gasteiger partial charge in [0, 0.05) is 25.4 Å². The number of likely N-dealkylation sites (tertiary alicyclic amines) is 1. The van der Waals surface area contributed by atoms with Gasteiger partial charge in [-0.1, -0.05) is 6.58 Å². The van der Waals surface area contributed by atoms with Crippen LogP contribution < -0.4 is 5.32 Å². The molecule has 0 atom stereocenters. The Morgan fingerprint density at radius 3 is 2.35 bits per heavy atom. The van der Waals surface area contributed by atoms with Crippen molar-refractivity contribution in [3.63, 3.8) is 0 Å². The number of nitrogens with zero attached hydrogens (tertiary/aromatic N) is 1. The van der Waals surface area contributed by atoms with Crippen molar-refractivity contribution in [2.45, 2.75) is 44.6 Å². The van der Waals surface area contributed by atoms with Crippen LogP contribution in [0.3, 0.4) is 0 Å². The Morgan fingerprint density at radius 1 is 1.24 bits per heavy atom. The first kappa shape index (κ1) is 12.3. The molecule has 0 bridgehead atoms. The lowest BCUT2D eigenvalue weighted by atomic mass is 10.2. The van der Waals surface area contributed by atoms with Gasteiger partial charge in [-0.2, -0.15) is 0 Å². The summed E-state index contributed by atoms with van der Waals surface area (Å²) >= 11 is 0. The van der Waals surface area contributed by atoms with E-state index in [1.807, 2.05) is 0 Å². The third-order valence-electron chi connectivity index (χ3n) is 3.23. The van der Waals surface area contributed by atoms with E-state index < -0.39 is 0 Å². The minimum absolute atomic E-state index is 0.0416. The maximum atomic E-state index is 11.8. The van der Waals surface area contributed by atoms with E-state index >= 15 is 0 Å². The molecule has 4 heteroatoms. The molecular weight excluding hydrogens is 216 g/mol. The Hall–Kier alpha value is -1.16. The van der Waals surface area contributed by atoms with Crippen LogP contribution in [0.4, 0.5) is 0 Å². The minimum Gasteiger partial charge on any atom is -0.310 e. The number of rotatable bonds is 5. The van der Waals surface area contributed by atoms with Crippen LogP contribution in [-0.2, 0) is 9.59 Å². The van der Waals surface area contributed by atoms with Crippen LogP contribution in [0, 0.1) is 0 Å². The minimum atomic E-state index is -0.0416. The van der Waals surface area contributed by atoms with Gasteiger partial charge in [0.15, 0.2) is 0 Å². The third-order valence-corrected chi connectivity index (χ3v) is 3.23. The molecule has 1 aliphatic carbocycles. The summed E-state index contributed by atoms with van der Waals surface area (Å²) in [4.78, 5) is 24.9. The van der Waals surface area contributed by atoms with Gasteiger partial charge in [0.1, 0.15) is 0 Å². The Kier molecular flexibility index (Phi) is 3.94. The SMILES string of the molecule is C=C(CNC1CC1)CN1C(=O)CCCCC1=O. The molecule has 2 amide bonds. The topological polar surface area (TPSA) is 49.4 Å². The summed E-state index contributed by atoms with van der Waals surface area (Å²) in [5.41, 5.74) is 0.917. The normalized spacial score (nSPS) is 21.5. The summed E-state index contributed by atoms with van der Waals surface area (Å²) in [6.07, 6.45) is 5.11. The third kappa shape index (κ3) is 3.66. The molecule has 4 nitrogen and oxygen atoms in total. The summed E-state index contributed by atoms with van der Waals surface area (Å²) < 4.78 is 0. The first-order valence-corrected chi connectivity index (χ1v) is 6.40. The lowest BCUT2D eigenvalue weighted by Gasteiger charge is -2.20. The predicted octanol–water partition coefficient (Wildman–Crippen LogP) is 1.22. The van der Waals surface area contributed by atoms with E-state index in [9.17, 15) is 9.59 Å². The van der Waals surface area contributed by atoms with Gasteiger partial charge >= 0.3 is 0 Å². The van der Waals surface area contributed by atoms with Crippen molar-refractivity contribution in [3.8, 4) is 0 Å². The summed E-state index contributed by atoms with van der Waals surface area (Å²) in [5.74, 6) is -0.0832. The van der Waals surface area contributed by atoms with Crippen LogP contribution >= 0.6 is 0 Å². The Labute approximate surface area is 102 Å². The van der Waals surface area contributed by atoms with Crippen molar-refractivity contribution >= 4 is 11.8 Å². The van der Waals surface area contributed by atoms with Crippen LogP contribution in [0.1, 0.15) is 38.5 Å². The molecule has 2 rings (SSSR count). The van der Waals surface area contributed by atoms with Gasteiger partial charge in [-0.25, -0.2) is 0 Å². The number of hydrogen-bond acceptors (Lipinski definition) is 3. The molecule has 17 heavy (non-hydrogen) atoms. The van der Waals surface area contributed by atoms with Crippen molar-refractivity contribution < 1.29 is 9.59 Å². The number of imide groups is 1. The van der Waals surface area contributed by atoms with Crippen LogP contribution in [0.15, 0.2) is 12.2 Å². The van der Waals surface area contributed by atoms with E-state index in [1.54, 1.807) is 0 Å². The maximum Gasteiger partial charge on any atom is 0.229 e. The molecule has 1 saturated heterocycles. The highest BCUT2D eigenvalue weighted by atomic mass is 16.2. The Balaban J connectivity index is 1.83. The quantitative estimate of drug-likeness (QED) is 0.577. The van der Waals surface area contributed by atoms with E-state index in [2.05, 4.69) is 11.9 Å². The van der Waals surface area contributed by atoms with Gasteiger partial charge in [-0.15, -0.1) is 0 Å². The second-order valence-electron chi connectivity index (χ2n) is 4.99. The molecule has 2 aliphatic rings. The maximum absolute atomic E-state index is 11.8. The molecule has 1 N–H and O–H groups in total. The molecule has 0 unspecified atom stereocenters. The molecule has 94 valence electrons. The Bertz CT molecular complexity index is 316. The molecule has 0 spiro atoms. The van der Waals surface area contributed by atoms with Gasteiger partial charge < -0.3 is 5.32 Å². The molecule has 0 aromatic heterocycles. The number of nitrogens with one attached hydrogen (secondary N) is 1. The first-order chi connectivity index (χ1) is 8.16.